The molecular formula is C16H17F3N4O4S. The monoisotopic (exact) mass is 418 g/mol. The molecule has 1 aromatic carbocycles. The molecule has 0 aliphatic rings. The van der Waals surface area contributed by atoms with Crippen molar-refractivity contribution < 1.29 is 23.1 Å². The van der Waals surface area contributed by atoms with Gasteiger partial charge < -0.3 is 10.0 Å². The molecule has 0 atom stereocenters. The fourth-order valence-corrected chi connectivity index (χ4v) is 2.72. The lowest BCUT2D eigenvalue weighted by atomic mass is 10.2. The first-order valence-corrected chi connectivity index (χ1v) is 8.35. The lowest BCUT2D eigenvalue weighted by Crippen LogP contribution is -2.44. The first-order chi connectivity index (χ1) is 12.8. The van der Waals surface area contributed by atoms with Crippen molar-refractivity contribution in [2.75, 3.05) is 11.4 Å². The Hall–Kier alpha value is -2.89. The van der Waals surface area contributed by atoms with Gasteiger partial charge in [-0.3, -0.25) is 13.9 Å². The molecule has 0 saturated heterocycles. The number of anilines is 1. The largest absolute Gasteiger partial charge is 0.506 e. The Labute approximate surface area is 161 Å². The number of carbonyl (C=O) groups excluding carboxylic acids is 1. The van der Waals surface area contributed by atoms with Gasteiger partial charge in [0.05, 0.1) is 11.4 Å². The molecule has 0 bridgehead atoms. The topological polar surface area (TPSA) is 89.5 Å². The third-order valence-electron chi connectivity index (χ3n) is 4.04. The van der Waals surface area contributed by atoms with Crippen LogP contribution in [0.15, 0.2) is 21.7 Å². The van der Waals surface area contributed by atoms with Crippen LogP contribution in [0.1, 0.15) is 13.8 Å². The van der Waals surface area contributed by atoms with Crippen molar-refractivity contribution >= 4 is 23.8 Å². The summed E-state index contributed by atoms with van der Waals surface area (Å²) in [4.78, 5) is 37.4. The number of amides is 1. The van der Waals surface area contributed by atoms with Crippen LogP contribution in [0.25, 0.3) is 5.69 Å². The second-order valence-electron chi connectivity index (χ2n) is 6.03. The van der Waals surface area contributed by atoms with Crippen molar-refractivity contribution in [2.24, 2.45) is 14.1 Å². The molecule has 0 unspecified atom stereocenters. The summed E-state index contributed by atoms with van der Waals surface area (Å²) in [7, 11) is 2.53. The second-order valence-corrected chi connectivity index (χ2v) is 6.40. The lowest BCUT2D eigenvalue weighted by molar-refractivity contribution is -0.139. The van der Waals surface area contributed by atoms with Crippen LogP contribution in [0.3, 0.4) is 0 Å². The molecule has 28 heavy (non-hydrogen) atoms. The fourth-order valence-electron chi connectivity index (χ4n) is 2.56. The summed E-state index contributed by atoms with van der Waals surface area (Å²) in [6.07, 6.45) is 0. The van der Waals surface area contributed by atoms with Gasteiger partial charge in [0.25, 0.3) is 5.91 Å². The van der Waals surface area contributed by atoms with Crippen molar-refractivity contribution in [3.63, 3.8) is 0 Å². The van der Waals surface area contributed by atoms with Gasteiger partial charge in [0, 0.05) is 33.6 Å². The van der Waals surface area contributed by atoms with Crippen LogP contribution in [-0.2, 0) is 18.9 Å². The number of alkyl halides is 2. The third-order valence-corrected chi connectivity index (χ3v) is 4.59. The molecule has 8 nitrogen and oxygen atoms in total. The van der Waals surface area contributed by atoms with Crippen LogP contribution in [0.2, 0.25) is 0 Å². The number of aromatic hydroxyl groups is 1. The molecular weight excluding hydrogens is 401 g/mol. The van der Waals surface area contributed by atoms with Gasteiger partial charge >= 0.3 is 17.3 Å². The summed E-state index contributed by atoms with van der Waals surface area (Å²) >= 11 is 4.94. The molecule has 0 spiro atoms. The summed E-state index contributed by atoms with van der Waals surface area (Å²) in [6, 6.07) is 1.31. The number of hydrogen-bond donors (Lipinski definition) is 1. The molecule has 2 aromatic rings. The summed E-state index contributed by atoms with van der Waals surface area (Å²) < 4.78 is 43.6. The first-order valence-electron chi connectivity index (χ1n) is 7.94. The Bertz CT molecular complexity index is 1090. The average Bonchev–Trinajstić information content (AvgIpc) is 2.61. The van der Waals surface area contributed by atoms with Gasteiger partial charge in [0.2, 0.25) is 0 Å². The quantitative estimate of drug-likeness (QED) is 0.760. The van der Waals surface area contributed by atoms with Crippen molar-refractivity contribution in [3.05, 3.63) is 43.7 Å². The molecule has 1 heterocycles. The predicted molar refractivity (Wildman–Crippen MR) is 97.4 cm³/mol. The van der Waals surface area contributed by atoms with Crippen LogP contribution < -0.4 is 16.3 Å². The Morgan fingerprint density at radius 1 is 1.21 bits per heavy atom. The van der Waals surface area contributed by atoms with Crippen molar-refractivity contribution in [1.29, 1.82) is 0 Å². The van der Waals surface area contributed by atoms with Gasteiger partial charge in [0.15, 0.2) is 10.6 Å². The number of rotatable bonds is 4. The third kappa shape index (κ3) is 3.46. The van der Waals surface area contributed by atoms with E-state index >= 15 is 0 Å². The molecule has 1 aromatic heterocycles. The summed E-state index contributed by atoms with van der Waals surface area (Å²) in [5, 5.41) is 10.00. The van der Waals surface area contributed by atoms with Crippen molar-refractivity contribution in [2.45, 2.75) is 19.8 Å². The Morgan fingerprint density at radius 2 is 1.71 bits per heavy atom. The molecule has 0 aliphatic heterocycles. The molecule has 1 N–H and O–H groups in total. The van der Waals surface area contributed by atoms with E-state index in [9.17, 15) is 32.7 Å². The van der Waals surface area contributed by atoms with Gasteiger partial charge in [0.1, 0.15) is 5.75 Å². The maximum atomic E-state index is 14.5. The number of phenols is 1. The average molecular weight is 418 g/mol. The maximum absolute atomic E-state index is 14.5. The smallest absolute Gasteiger partial charge is 0.338 e. The summed E-state index contributed by atoms with van der Waals surface area (Å²) in [5.41, 5.74) is -3.09. The van der Waals surface area contributed by atoms with E-state index in [2.05, 4.69) is 0 Å². The minimum Gasteiger partial charge on any atom is -0.506 e. The van der Waals surface area contributed by atoms with Gasteiger partial charge in [-0.1, -0.05) is 0 Å². The summed E-state index contributed by atoms with van der Waals surface area (Å²) in [6.45, 7) is 1.46. The number of carbonyl (C=O) groups is 1. The van der Waals surface area contributed by atoms with Crippen LogP contribution in [-0.4, -0.2) is 37.2 Å². The van der Waals surface area contributed by atoms with Crippen LogP contribution >= 0.6 is 12.2 Å². The second kappa shape index (κ2) is 7.26. The van der Waals surface area contributed by atoms with E-state index in [0.717, 1.165) is 15.2 Å². The van der Waals surface area contributed by atoms with E-state index in [-0.39, 0.29) is 11.3 Å². The number of halogens is 3. The predicted octanol–water partition coefficient (Wildman–Crippen LogP) is 1.46. The van der Waals surface area contributed by atoms with Crippen molar-refractivity contribution in [3.8, 4) is 11.4 Å². The van der Waals surface area contributed by atoms with Crippen LogP contribution in [0.4, 0.5) is 18.9 Å². The van der Waals surface area contributed by atoms with Crippen LogP contribution in [0, 0.1) is 10.6 Å². The maximum Gasteiger partial charge on any atom is 0.338 e. The SMILES string of the molecule is CCN(C(=O)C(C)(F)F)c1cc(-n2c(=O)n(C)c(=S)n(C)c2=O)c(F)cc1O. The zero-order valence-electron chi connectivity index (χ0n) is 15.4. The number of nitrogens with zero attached hydrogens (tertiary/aromatic N) is 4. The highest BCUT2D eigenvalue weighted by atomic mass is 32.1. The van der Waals surface area contributed by atoms with E-state index < -0.39 is 46.2 Å². The fraction of sp³-hybridized carbons (Fsp3) is 0.375. The molecule has 0 saturated carbocycles. The number of phenolic OH excluding ortho intramolecular Hbond substituents is 1. The molecule has 1 amide bonds. The summed E-state index contributed by atoms with van der Waals surface area (Å²) in [5.74, 6) is -7.39. The molecule has 12 heteroatoms. The highest BCUT2D eigenvalue weighted by Crippen LogP contribution is 2.33. The number of hydrogen-bond acceptors (Lipinski definition) is 5. The Kier molecular flexibility index (Phi) is 5.55. The molecule has 0 fully saturated rings. The van der Waals surface area contributed by atoms with Gasteiger partial charge in [-0.15, -0.1) is 0 Å². The van der Waals surface area contributed by atoms with Crippen LogP contribution in [0.5, 0.6) is 5.75 Å². The number of benzene rings is 1. The van der Waals surface area contributed by atoms with E-state index in [1.165, 1.54) is 21.0 Å². The normalized spacial score (nSPS) is 11.5. The van der Waals surface area contributed by atoms with E-state index in [4.69, 9.17) is 12.2 Å². The zero-order valence-corrected chi connectivity index (χ0v) is 16.2. The van der Waals surface area contributed by atoms with Crippen molar-refractivity contribution in [1.82, 2.24) is 13.7 Å². The first kappa shape index (κ1) is 21.4. The molecule has 2 rings (SSSR count). The number of aromatic nitrogens is 3. The molecule has 0 aliphatic carbocycles. The van der Waals surface area contributed by atoms with Gasteiger partial charge in [-0.05, 0) is 25.2 Å². The van der Waals surface area contributed by atoms with E-state index in [0.29, 0.717) is 22.5 Å². The van der Waals surface area contributed by atoms with Gasteiger partial charge in [-0.25, -0.2) is 18.5 Å². The van der Waals surface area contributed by atoms with E-state index in [1.54, 1.807) is 0 Å². The molecule has 0 radical (unpaired) electrons. The zero-order chi connectivity index (χ0) is 21.5. The lowest BCUT2D eigenvalue weighted by Gasteiger charge is -2.25. The Balaban J connectivity index is 2.87. The molecule has 152 valence electrons. The standard InChI is InChI=1S/C16H17F3N4O4S/c1-5-22(12(25)16(2,18)19)10-7-9(8(17)6-11(10)24)23-13(26)20(3)15(28)21(4)14(23)27/h6-7,24H,5H2,1-4H3. The Morgan fingerprint density at radius 3 is 2.14 bits per heavy atom. The minimum atomic E-state index is -3.76. The highest BCUT2D eigenvalue weighted by molar-refractivity contribution is 7.71. The minimum absolute atomic E-state index is 0.123. The van der Waals surface area contributed by atoms with Gasteiger partial charge in [-0.2, -0.15) is 8.78 Å². The highest BCUT2D eigenvalue weighted by Gasteiger charge is 2.38. The van der Waals surface area contributed by atoms with E-state index in [1.807, 2.05) is 0 Å².